The van der Waals surface area contributed by atoms with Crippen LogP contribution >= 0.6 is 0 Å². The number of hydrogen-bond acceptors (Lipinski definition) is 3. The number of pyridine rings is 2. The highest BCUT2D eigenvalue weighted by molar-refractivity contribution is 6.04. The zero-order chi connectivity index (χ0) is 28.3. The lowest BCUT2D eigenvalue weighted by atomic mass is 9.75. The fourth-order valence-corrected chi connectivity index (χ4v) is 6.18. The monoisotopic (exact) mass is 540 g/mol. The van der Waals surface area contributed by atoms with E-state index in [-0.39, 0.29) is 5.41 Å². The van der Waals surface area contributed by atoms with Gasteiger partial charge in [0, 0.05) is 38.4 Å². The molecule has 3 heterocycles. The van der Waals surface area contributed by atoms with E-state index in [1.807, 2.05) is 24.3 Å². The molecule has 42 heavy (non-hydrogen) atoms. The fourth-order valence-electron chi connectivity index (χ4n) is 6.18. The Kier molecular flexibility index (Phi) is 5.48. The zero-order valence-electron chi connectivity index (χ0n) is 23.5. The van der Waals surface area contributed by atoms with Gasteiger partial charge in [-0.25, -0.2) is 9.97 Å². The number of aromatic nitrogens is 2. The number of para-hydroxylation sites is 1. The molecular formula is C39H28N2O. The van der Waals surface area contributed by atoms with Crippen molar-refractivity contribution in [3.05, 3.63) is 145 Å². The van der Waals surface area contributed by atoms with Crippen LogP contribution in [0.25, 0.3) is 55.4 Å². The molecule has 0 saturated heterocycles. The molecule has 0 unspecified atom stereocenters. The lowest BCUT2D eigenvalue weighted by Crippen LogP contribution is -2.24. The van der Waals surface area contributed by atoms with Crippen LogP contribution in [0.2, 0.25) is 0 Å². The summed E-state index contributed by atoms with van der Waals surface area (Å²) in [5, 5.41) is 2.17. The number of nitrogens with zero attached hydrogens (tertiary/aromatic N) is 2. The van der Waals surface area contributed by atoms with Gasteiger partial charge in [-0.3, -0.25) is 0 Å². The average molecular weight is 541 g/mol. The zero-order valence-corrected chi connectivity index (χ0v) is 23.5. The van der Waals surface area contributed by atoms with Gasteiger partial charge in [0.25, 0.3) is 0 Å². The Bertz CT molecular complexity index is 2150. The normalized spacial score (nSPS) is 13.4. The van der Waals surface area contributed by atoms with E-state index in [0.29, 0.717) is 0 Å². The van der Waals surface area contributed by atoms with E-state index in [0.717, 1.165) is 66.9 Å². The molecule has 7 aromatic rings. The summed E-state index contributed by atoms with van der Waals surface area (Å²) in [4.78, 5) is 10.2. The van der Waals surface area contributed by atoms with Crippen molar-refractivity contribution in [1.82, 2.24) is 9.97 Å². The molecule has 200 valence electrons. The predicted molar refractivity (Wildman–Crippen MR) is 172 cm³/mol. The van der Waals surface area contributed by atoms with Crippen LogP contribution in [0.1, 0.15) is 25.0 Å². The second kappa shape index (κ2) is 9.39. The van der Waals surface area contributed by atoms with E-state index >= 15 is 0 Å². The molecule has 1 aliphatic heterocycles. The number of fused-ring (bicyclic) bond motifs is 5. The molecule has 0 fully saturated rings. The van der Waals surface area contributed by atoms with Crippen molar-refractivity contribution in [2.24, 2.45) is 0 Å². The molecule has 0 aliphatic carbocycles. The van der Waals surface area contributed by atoms with Gasteiger partial charge in [-0.05, 0) is 47.5 Å². The van der Waals surface area contributed by atoms with Crippen molar-refractivity contribution in [3.63, 3.8) is 0 Å². The summed E-state index contributed by atoms with van der Waals surface area (Å²) in [5.74, 6) is 1.86. The molecule has 3 nitrogen and oxygen atoms in total. The van der Waals surface area contributed by atoms with Gasteiger partial charge in [-0.1, -0.05) is 111 Å². The molecule has 5 aromatic carbocycles. The topological polar surface area (TPSA) is 35.0 Å². The van der Waals surface area contributed by atoms with Crippen LogP contribution in [0.15, 0.2) is 133 Å². The maximum Gasteiger partial charge on any atom is 0.131 e. The molecule has 8 rings (SSSR count). The minimum Gasteiger partial charge on any atom is -0.457 e. The summed E-state index contributed by atoms with van der Waals surface area (Å²) >= 11 is 0. The lowest BCUT2D eigenvalue weighted by molar-refractivity contribution is 0.418. The highest BCUT2D eigenvalue weighted by atomic mass is 16.5. The minimum absolute atomic E-state index is 0.162. The van der Waals surface area contributed by atoms with Gasteiger partial charge in [-0.15, -0.1) is 0 Å². The second-order valence-corrected chi connectivity index (χ2v) is 11.5. The summed E-state index contributed by atoms with van der Waals surface area (Å²) in [6.45, 7) is 4.54. The van der Waals surface area contributed by atoms with Gasteiger partial charge < -0.3 is 4.74 Å². The van der Waals surface area contributed by atoms with Crippen molar-refractivity contribution >= 4 is 21.8 Å². The summed E-state index contributed by atoms with van der Waals surface area (Å²) < 4.78 is 6.29. The van der Waals surface area contributed by atoms with Crippen molar-refractivity contribution in [2.75, 3.05) is 0 Å². The van der Waals surface area contributed by atoms with Crippen LogP contribution in [0, 0.1) is 0 Å². The van der Waals surface area contributed by atoms with Gasteiger partial charge in [0.1, 0.15) is 11.5 Å². The van der Waals surface area contributed by atoms with E-state index < -0.39 is 0 Å². The van der Waals surface area contributed by atoms with Crippen LogP contribution in [0.4, 0.5) is 0 Å². The highest BCUT2D eigenvalue weighted by Gasteiger charge is 2.34. The number of benzene rings is 5. The Balaban J connectivity index is 1.21. The average Bonchev–Trinajstić information content (AvgIpc) is 3.04. The standard InChI is InChI=1S/C39H28N2O/c1-39(2)31-13-6-7-14-35(31)42-36-22-19-29(24-32(36)39)28-11-8-12-30(23-28)34-21-18-27-16-15-26-17-20-33(25-9-4-3-5-10-25)40-37(26)38(27)41-34/h3-24H,1-2H3. The van der Waals surface area contributed by atoms with E-state index in [1.165, 1.54) is 11.1 Å². The molecular weight excluding hydrogens is 512 g/mol. The number of ether oxygens (including phenoxy) is 1. The smallest absolute Gasteiger partial charge is 0.131 e. The third-order valence-electron chi connectivity index (χ3n) is 8.51. The van der Waals surface area contributed by atoms with E-state index in [9.17, 15) is 0 Å². The number of hydrogen-bond donors (Lipinski definition) is 0. The van der Waals surface area contributed by atoms with Gasteiger partial charge in [0.05, 0.1) is 22.4 Å². The molecule has 1 aliphatic rings. The van der Waals surface area contributed by atoms with Crippen LogP contribution in [0.5, 0.6) is 11.5 Å². The Morgan fingerprint density at radius 2 is 1.02 bits per heavy atom. The summed E-state index contributed by atoms with van der Waals surface area (Å²) in [6.07, 6.45) is 0. The van der Waals surface area contributed by atoms with E-state index in [2.05, 4.69) is 123 Å². The first-order valence-electron chi connectivity index (χ1n) is 14.3. The predicted octanol–water partition coefficient (Wildman–Crippen LogP) is 10.2. The van der Waals surface area contributed by atoms with E-state index in [1.54, 1.807) is 0 Å². The summed E-state index contributed by atoms with van der Waals surface area (Å²) in [6, 6.07) is 46.5. The molecule has 0 bridgehead atoms. The van der Waals surface area contributed by atoms with Gasteiger partial charge in [0.15, 0.2) is 0 Å². The summed E-state index contributed by atoms with van der Waals surface area (Å²) in [5.41, 5.74) is 10.4. The quantitative estimate of drug-likeness (QED) is 0.209. The maximum atomic E-state index is 6.29. The molecule has 0 spiro atoms. The minimum atomic E-state index is -0.162. The van der Waals surface area contributed by atoms with Crippen LogP contribution in [-0.4, -0.2) is 9.97 Å². The molecule has 3 heteroatoms. The molecule has 0 radical (unpaired) electrons. The highest BCUT2D eigenvalue weighted by Crippen LogP contribution is 2.48. The SMILES string of the molecule is CC1(C)c2ccccc2Oc2ccc(-c3cccc(-c4ccc5ccc6ccc(-c7ccccc7)nc6c5n4)c3)cc21. The molecule has 0 N–H and O–H groups in total. The Morgan fingerprint density at radius 3 is 1.79 bits per heavy atom. The van der Waals surface area contributed by atoms with Crippen LogP contribution in [0.3, 0.4) is 0 Å². The molecule has 0 amide bonds. The van der Waals surface area contributed by atoms with Crippen molar-refractivity contribution < 1.29 is 4.74 Å². The van der Waals surface area contributed by atoms with Gasteiger partial charge in [-0.2, -0.15) is 0 Å². The summed E-state index contributed by atoms with van der Waals surface area (Å²) in [7, 11) is 0. The second-order valence-electron chi connectivity index (χ2n) is 11.5. The Labute approximate surface area is 245 Å². The largest absolute Gasteiger partial charge is 0.457 e. The first-order chi connectivity index (χ1) is 20.5. The Morgan fingerprint density at radius 1 is 0.452 bits per heavy atom. The van der Waals surface area contributed by atoms with Crippen LogP contribution in [-0.2, 0) is 5.41 Å². The lowest BCUT2D eigenvalue weighted by Gasteiger charge is -2.34. The number of rotatable bonds is 3. The maximum absolute atomic E-state index is 6.29. The van der Waals surface area contributed by atoms with Gasteiger partial charge in [0.2, 0.25) is 0 Å². The van der Waals surface area contributed by atoms with Crippen LogP contribution < -0.4 is 4.74 Å². The van der Waals surface area contributed by atoms with Crippen molar-refractivity contribution in [3.8, 4) is 45.1 Å². The third-order valence-corrected chi connectivity index (χ3v) is 8.51. The molecule has 0 atom stereocenters. The fraction of sp³-hybridized carbons (Fsp3) is 0.0769. The third kappa shape index (κ3) is 3.97. The van der Waals surface area contributed by atoms with Crippen molar-refractivity contribution in [2.45, 2.75) is 19.3 Å². The van der Waals surface area contributed by atoms with Gasteiger partial charge >= 0.3 is 0 Å². The van der Waals surface area contributed by atoms with Crippen molar-refractivity contribution in [1.29, 1.82) is 0 Å². The first kappa shape index (κ1) is 24.5. The molecule has 0 saturated carbocycles. The van der Waals surface area contributed by atoms with E-state index in [4.69, 9.17) is 14.7 Å². The molecule has 2 aromatic heterocycles. The Hall–Kier alpha value is -5.28. The first-order valence-corrected chi connectivity index (χ1v) is 14.3.